The molecule has 0 spiro atoms. The molecule has 0 saturated carbocycles. The molecule has 0 saturated heterocycles. The van der Waals surface area contributed by atoms with E-state index in [9.17, 15) is 0 Å². The van der Waals surface area contributed by atoms with Crippen LogP contribution in [0.4, 0.5) is 17.3 Å². The summed E-state index contributed by atoms with van der Waals surface area (Å²) in [5.74, 6) is 1.85. The highest BCUT2D eigenvalue weighted by Crippen LogP contribution is 2.53. The quantitative estimate of drug-likeness (QED) is 0.168. The normalized spacial score (nSPS) is 13.4. The number of aromatic nitrogens is 4. The summed E-state index contributed by atoms with van der Waals surface area (Å²) in [6.07, 6.45) is 0. The van der Waals surface area contributed by atoms with Crippen LogP contribution >= 0.6 is 0 Å². The molecule has 0 atom stereocenters. The molecule has 2 aromatic heterocycles. The molecule has 0 radical (unpaired) electrons. The number of para-hydroxylation sites is 2. The van der Waals surface area contributed by atoms with Gasteiger partial charge in [-0.15, -0.1) is 0 Å². The Balaban J connectivity index is 1.14. The molecule has 9 aromatic carbocycles. The highest BCUT2D eigenvalue weighted by Gasteiger charge is 2.39. The molecule has 5 heteroatoms. The van der Waals surface area contributed by atoms with E-state index in [2.05, 4.69) is 175 Å². The van der Waals surface area contributed by atoms with Crippen molar-refractivity contribution in [3.8, 4) is 28.5 Å². The van der Waals surface area contributed by atoms with E-state index in [1.807, 2.05) is 36.4 Å². The predicted molar refractivity (Wildman–Crippen MR) is 244 cm³/mol. The van der Waals surface area contributed by atoms with Crippen molar-refractivity contribution in [2.45, 2.75) is 19.3 Å². The second-order valence-corrected chi connectivity index (χ2v) is 16.1. The summed E-state index contributed by atoms with van der Waals surface area (Å²) in [7, 11) is 0. The number of hydrogen-bond acceptors (Lipinski definition) is 4. The first-order chi connectivity index (χ1) is 29.0. The molecule has 1 aliphatic heterocycles. The van der Waals surface area contributed by atoms with Gasteiger partial charge in [0.25, 0.3) is 0 Å². The lowest BCUT2D eigenvalue weighted by Gasteiger charge is -2.41. The highest BCUT2D eigenvalue weighted by molar-refractivity contribution is 6.25. The van der Waals surface area contributed by atoms with Gasteiger partial charge in [-0.1, -0.05) is 166 Å². The minimum atomic E-state index is -0.339. The molecule has 278 valence electrons. The smallest absolute Gasteiger partial charge is 0.238 e. The Morgan fingerprint density at radius 2 is 0.898 bits per heavy atom. The molecule has 59 heavy (non-hydrogen) atoms. The monoisotopic (exact) mass is 755 g/mol. The van der Waals surface area contributed by atoms with Crippen molar-refractivity contribution in [1.82, 2.24) is 19.5 Å². The molecule has 3 heterocycles. The van der Waals surface area contributed by atoms with Crippen LogP contribution in [0.15, 0.2) is 188 Å². The maximum absolute atomic E-state index is 5.27. The van der Waals surface area contributed by atoms with Crippen molar-refractivity contribution in [2.24, 2.45) is 0 Å². The minimum absolute atomic E-state index is 0.339. The molecule has 0 amide bonds. The van der Waals surface area contributed by atoms with Crippen molar-refractivity contribution in [3.05, 3.63) is 199 Å². The van der Waals surface area contributed by atoms with Crippen LogP contribution in [0.1, 0.15) is 25.0 Å². The van der Waals surface area contributed by atoms with Gasteiger partial charge < -0.3 is 4.57 Å². The number of fused-ring (bicyclic) bond motifs is 11. The topological polar surface area (TPSA) is 46.8 Å². The van der Waals surface area contributed by atoms with Gasteiger partial charge in [0.15, 0.2) is 11.6 Å². The second kappa shape index (κ2) is 12.7. The number of anilines is 3. The molecule has 0 unspecified atom stereocenters. The zero-order valence-corrected chi connectivity index (χ0v) is 32.6. The molecule has 11 aromatic rings. The third kappa shape index (κ3) is 5.01. The zero-order chi connectivity index (χ0) is 39.2. The van der Waals surface area contributed by atoms with Gasteiger partial charge >= 0.3 is 0 Å². The Morgan fingerprint density at radius 3 is 1.54 bits per heavy atom. The number of nitrogens with zero attached hydrogens (tertiary/aromatic N) is 5. The van der Waals surface area contributed by atoms with Gasteiger partial charge in [-0.3, -0.25) is 4.90 Å². The first kappa shape index (κ1) is 33.5. The summed E-state index contributed by atoms with van der Waals surface area (Å²) in [6, 6.07) is 67.3. The lowest BCUT2D eigenvalue weighted by Crippen LogP contribution is -2.31. The molecule has 1 aliphatic rings. The molecule has 0 aliphatic carbocycles. The molecular weight excluding hydrogens is 719 g/mol. The number of benzene rings is 9. The second-order valence-electron chi connectivity index (χ2n) is 16.1. The Morgan fingerprint density at radius 1 is 0.373 bits per heavy atom. The van der Waals surface area contributed by atoms with Crippen molar-refractivity contribution in [2.75, 3.05) is 4.90 Å². The Hall–Kier alpha value is -7.63. The van der Waals surface area contributed by atoms with Crippen LogP contribution in [0.5, 0.6) is 0 Å². The zero-order valence-electron chi connectivity index (χ0n) is 32.6. The van der Waals surface area contributed by atoms with Gasteiger partial charge in [0.05, 0.1) is 22.4 Å². The van der Waals surface area contributed by atoms with Gasteiger partial charge in [-0.25, -0.2) is 4.98 Å². The summed E-state index contributed by atoms with van der Waals surface area (Å²) >= 11 is 0. The third-order valence-corrected chi connectivity index (χ3v) is 12.4. The van der Waals surface area contributed by atoms with Crippen LogP contribution in [-0.4, -0.2) is 19.5 Å². The SMILES string of the molecule is CC1(C)c2ccccc2N(c2nc(-c3ccccc3)nc(-c3ccccc3)n2)c2cc3c4ccccc4n(-c4ccc5c6ccccc6c6ccccc6c5c4)c3cc21. The largest absolute Gasteiger partial charge is 0.309 e. The van der Waals surface area contributed by atoms with Gasteiger partial charge in [-0.2, -0.15) is 9.97 Å². The maximum atomic E-state index is 5.27. The van der Waals surface area contributed by atoms with Crippen LogP contribution in [0.25, 0.3) is 82.6 Å². The summed E-state index contributed by atoms with van der Waals surface area (Å²) in [6.45, 7) is 4.68. The van der Waals surface area contributed by atoms with Crippen LogP contribution in [-0.2, 0) is 5.41 Å². The Labute approximate surface area is 341 Å². The van der Waals surface area contributed by atoms with Crippen molar-refractivity contribution < 1.29 is 0 Å². The number of hydrogen-bond donors (Lipinski definition) is 0. The highest BCUT2D eigenvalue weighted by atomic mass is 15.3. The summed E-state index contributed by atoms with van der Waals surface area (Å²) in [5.41, 5.74) is 9.52. The fourth-order valence-corrected chi connectivity index (χ4v) is 9.59. The van der Waals surface area contributed by atoms with Crippen molar-refractivity contribution in [3.63, 3.8) is 0 Å². The van der Waals surface area contributed by atoms with Gasteiger partial charge in [-0.05, 0) is 79.8 Å². The molecular formula is C54H37N5. The molecule has 12 rings (SSSR count). The first-order valence-corrected chi connectivity index (χ1v) is 20.2. The summed E-state index contributed by atoms with van der Waals surface area (Å²) in [4.78, 5) is 17.8. The van der Waals surface area contributed by atoms with Gasteiger partial charge in [0.1, 0.15) is 0 Å². The van der Waals surface area contributed by atoms with Gasteiger partial charge in [0.2, 0.25) is 5.95 Å². The molecule has 0 fully saturated rings. The van der Waals surface area contributed by atoms with Gasteiger partial charge in [0, 0.05) is 33.0 Å². The van der Waals surface area contributed by atoms with E-state index in [0.29, 0.717) is 17.6 Å². The lowest BCUT2D eigenvalue weighted by molar-refractivity contribution is 0.631. The standard InChI is InChI=1S/C54H37N5/c1-54(2)45-26-14-16-28-48(45)59(53-56-51(34-17-5-3-6-18-34)55-52(57-53)35-19-7-4-8-20-35)50-32-44-42-25-13-15-27-47(42)58(49(44)33-46(50)54)36-29-30-41-39-23-10-9-21-37(39)38-22-11-12-24-40(38)43(41)31-36/h3-33H,1-2H3. The van der Waals surface area contributed by atoms with Crippen LogP contribution in [0, 0.1) is 0 Å². The summed E-state index contributed by atoms with van der Waals surface area (Å²) in [5, 5.41) is 9.96. The van der Waals surface area contributed by atoms with E-state index < -0.39 is 0 Å². The van der Waals surface area contributed by atoms with Crippen molar-refractivity contribution in [1.29, 1.82) is 0 Å². The van der Waals surface area contributed by atoms with E-state index in [1.165, 1.54) is 54.2 Å². The molecule has 0 bridgehead atoms. The average Bonchev–Trinajstić information content (AvgIpc) is 3.62. The van der Waals surface area contributed by atoms with Crippen LogP contribution in [0.3, 0.4) is 0 Å². The maximum Gasteiger partial charge on any atom is 0.238 e. The average molecular weight is 756 g/mol. The predicted octanol–water partition coefficient (Wildman–Crippen LogP) is 13.9. The third-order valence-electron chi connectivity index (χ3n) is 12.4. The fraction of sp³-hybridized carbons (Fsp3) is 0.0556. The van der Waals surface area contributed by atoms with E-state index in [-0.39, 0.29) is 5.41 Å². The number of rotatable bonds is 4. The Bertz CT molecular complexity index is 3380. The summed E-state index contributed by atoms with van der Waals surface area (Å²) < 4.78 is 2.46. The Kier molecular flexibility index (Phi) is 7.20. The molecule has 5 nitrogen and oxygen atoms in total. The van der Waals surface area contributed by atoms with Crippen LogP contribution < -0.4 is 4.90 Å². The van der Waals surface area contributed by atoms with Crippen LogP contribution in [0.2, 0.25) is 0 Å². The van der Waals surface area contributed by atoms with E-state index >= 15 is 0 Å². The first-order valence-electron chi connectivity index (χ1n) is 20.2. The minimum Gasteiger partial charge on any atom is -0.309 e. The molecule has 0 N–H and O–H groups in total. The fourth-order valence-electron chi connectivity index (χ4n) is 9.59. The van der Waals surface area contributed by atoms with E-state index in [0.717, 1.165) is 39.2 Å². The van der Waals surface area contributed by atoms with E-state index in [4.69, 9.17) is 15.0 Å². The van der Waals surface area contributed by atoms with E-state index in [1.54, 1.807) is 0 Å². The lowest BCUT2D eigenvalue weighted by atomic mass is 9.73. The van der Waals surface area contributed by atoms with Crippen molar-refractivity contribution >= 4 is 71.4 Å².